The van der Waals surface area contributed by atoms with Crippen LogP contribution in [-0.2, 0) is 4.74 Å². The maximum atomic E-state index is 10.5. The first-order valence-corrected chi connectivity index (χ1v) is 10.7. The Bertz CT molecular complexity index is 816. The summed E-state index contributed by atoms with van der Waals surface area (Å²) in [6.07, 6.45) is 0.875. The van der Waals surface area contributed by atoms with E-state index in [0.29, 0.717) is 34.6 Å². The van der Waals surface area contributed by atoms with Crippen molar-refractivity contribution in [1.29, 1.82) is 0 Å². The molecule has 0 amide bonds. The highest BCUT2D eigenvalue weighted by molar-refractivity contribution is 7.99. The van der Waals surface area contributed by atoms with Gasteiger partial charge in [0, 0.05) is 18.2 Å². The van der Waals surface area contributed by atoms with Crippen molar-refractivity contribution in [3.63, 3.8) is 0 Å². The van der Waals surface area contributed by atoms with Crippen LogP contribution in [0.15, 0.2) is 5.16 Å². The molecule has 28 heavy (non-hydrogen) atoms. The Morgan fingerprint density at radius 2 is 2.07 bits per heavy atom. The van der Waals surface area contributed by atoms with E-state index in [4.69, 9.17) is 9.84 Å². The molecule has 2 fully saturated rings. The zero-order valence-corrected chi connectivity index (χ0v) is 16.5. The minimum atomic E-state index is -1.06. The summed E-state index contributed by atoms with van der Waals surface area (Å²) in [4.78, 5) is 9.24. The number of fused-ring (bicyclic) bond motifs is 1. The van der Waals surface area contributed by atoms with Crippen molar-refractivity contribution < 1.29 is 20.1 Å². The van der Waals surface area contributed by atoms with Gasteiger partial charge in [0.05, 0.1) is 25.4 Å². The molecule has 0 aromatic carbocycles. The molecular formula is C17H26N6O4S. The first kappa shape index (κ1) is 19.8. The molecule has 0 bridgehead atoms. The van der Waals surface area contributed by atoms with Gasteiger partial charge < -0.3 is 25.4 Å². The molecule has 0 aliphatic heterocycles. The molecule has 4 rings (SSSR count). The molecule has 0 radical (unpaired) electrons. The zero-order chi connectivity index (χ0) is 19.7. The summed E-state index contributed by atoms with van der Waals surface area (Å²) >= 11 is 1.57. The molecule has 2 aromatic rings. The molecule has 154 valence electrons. The van der Waals surface area contributed by atoms with Crippen molar-refractivity contribution in [2.24, 2.45) is 0 Å². The van der Waals surface area contributed by atoms with Crippen molar-refractivity contribution in [3.8, 4) is 0 Å². The fraction of sp³-hybridized carbons (Fsp3) is 0.765. The molecule has 4 atom stereocenters. The number of ether oxygens (including phenoxy) is 1. The monoisotopic (exact) mass is 410 g/mol. The Morgan fingerprint density at radius 3 is 2.79 bits per heavy atom. The van der Waals surface area contributed by atoms with Crippen molar-refractivity contribution >= 4 is 28.7 Å². The van der Waals surface area contributed by atoms with Gasteiger partial charge in [0.1, 0.15) is 12.2 Å². The van der Waals surface area contributed by atoms with Crippen molar-refractivity contribution in [2.75, 3.05) is 24.3 Å². The third-order valence-electron chi connectivity index (χ3n) is 4.99. The standard InChI is InChI=1S/C17H26N6O4S/c1-2-7-28-17-19-15(18-9-3-4-9)12-16(20-17)23(22-21-12)10-8-11(27-6-5-24)14(26)13(10)25/h9-11,13-14,24-26H,2-8H2,1H3,(H,18,19,20)/t10-,11+,13+,14-/m1/s1. The number of aliphatic hydroxyl groups is 3. The average Bonchev–Trinajstić information content (AvgIpc) is 3.34. The molecule has 11 heteroatoms. The molecule has 2 aliphatic carbocycles. The van der Waals surface area contributed by atoms with Crippen LogP contribution in [0.1, 0.15) is 38.6 Å². The van der Waals surface area contributed by atoms with Crippen LogP contribution in [0.3, 0.4) is 0 Å². The predicted molar refractivity (Wildman–Crippen MR) is 103 cm³/mol. The number of hydrogen-bond acceptors (Lipinski definition) is 10. The van der Waals surface area contributed by atoms with Crippen molar-refractivity contribution in [1.82, 2.24) is 25.0 Å². The molecule has 2 aliphatic rings. The molecule has 0 saturated heterocycles. The highest BCUT2D eigenvalue weighted by Gasteiger charge is 2.44. The van der Waals surface area contributed by atoms with Crippen LogP contribution in [0.4, 0.5) is 5.82 Å². The summed E-state index contributed by atoms with van der Waals surface area (Å²) in [7, 11) is 0. The highest BCUT2D eigenvalue weighted by atomic mass is 32.2. The van der Waals surface area contributed by atoms with Gasteiger partial charge in [0.15, 0.2) is 22.1 Å². The Kier molecular flexibility index (Phi) is 5.97. The van der Waals surface area contributed by atoms with Gasteiger partial charge in [0.2, 0.25) is 0 Å². The molecule has 2 aromatic heterocycles. The van der Waals surface area contributed by atoms with Gasteiger partial charge in [0.25, 0.3) is 0 Å². The van der Waals surface area contributed by atoms with Gasteiger partial charge in [-0.2, -0.15) is 0 Å². The smallest absolute Gasteiger partial charge is 0.191 e. The summed E-state index contributed by atoms with van der Waals surface area (Å²) in [5, 5.41) is 42.3. The third-order valence-corrected chi connectivity index (χ3v) is 6.05. The Labute approximate surface area is 166 Å². The zero-order valence-electron chi connectivity index (χ0n) is 15.7. The van der Waals surface area contributed by atoms with Crippen LogP contribution in [0.5, 0.6) is 0 Å². The SMILES string of the molecule is CCCSc1nc(NC2CC2)c2nnn([C@@H]3C[C@H](OCCO)[C@@H](O)[C@H]3O)c2n1. The van der Waals surface area contributed by atoms with Crippen LogP contribution >= 0.6 is 11.8 Å². The quantitative estimate of drug-likeness (QED) is 0.338. The topological polar surface area (TPSA) is 138 Å². The van der Waals surface area contributed by atoms with E-state index in [1.165, 1.54) is 0 Å². The van der Waals surface area contributed by atoms with Crippen LogP contribution < -0.4 is 5.32 Å². The van der Waals surface area contributed by atoms with E-state index in [1.807, 2.05) is 0 Å². The molecule has 4 N–H and O–H groups in total. The summed E-state index contributed by atoms with van der Waals surface area (Å²) in [5.74, 6) is 1.57. The van der Waals surface area contributed by atoms with E-state index < -0.39 is 24.4 Å². The first-order chi connectivity index (χ1) is 13.6. The second-order valence-corrected chi connectivity index (χ2v) is 8.31. The third kappa shape index (κ3) is 3.94. The van der Waals surface area contributed by atoms with Gasteiger partial charge in [-0.3, -0.25) is 0 Å². The number of nitrogens with one attached hydrogen (secondary N) is 1. The minimum absolute atomic E-state index is 0.106. The van der Waals surface area contributed by atoms with E-state index in [2.05, 4.69) is 32.5 Å². The van der Waals surface area contributed by atoms with E-state index in [-0.39, 0.29) is 13.2 Å². The fourth-order valence-electron chi connectivity index (χ4n) is 3.39. The number of nitrogens with zero attached hydrogens (tertiary/aromatic N) is 5. The highest BCUT2D eigenvalue weighted by Crippen LogP contribution is 2.35. The van der Waals surface area contributed by atoms with E-state index >= 15 is 0 Å². The second kappa shape index (κ2) is 8.46. The normalized spacial score (nSPS) is 27.6. The molecule has 0 spiro atoms. The second-order valence-electron chi connectivity index (χ2n) is 7.25. The lowest BCUT2D eigenvalue weighted by atomic mass is 10.2. The predicted octanol–water partition coefficient (Wildman–Crippen LogP) is 0.342. The van der Waals surface area contributed by atoms with Crippen LogP contribution in [0.25, 0.3) is 11.2 Å². The minimum Gasteiger partial charge on any atom is -0.394 e. The molecule has 2 heterocycles. The van der Waals surface area contributed by atoms with Crippen LogP contribution in [0, 0.1) is 0 Å². The number of rotatable bonds is 9. The maximum absolute atomic E-state index is 10.5. The summed E-state index contributed by atoms with van der Waals surface area (Å²) in [6, 6.07) is -0.112. The maximum Gasteiger partial charge on any atom is 0.191 e. The number of aromatic nitrogens is 5. The largest absolute Gasteiger partial charge is 0.394 e. The van der Waals surface area contributed by atoms with Crippen LogP contribution in [-0.4, -0.2) is 83.6 Å². The Morgan fingerprint density at radius 1 is 1.25 bits per heavy atom. The summed E-state index contributed by atoms with van der Waals surface area (Å²) in [6.45, 7) is 2.07. The summed E-state index contributed by atoms with van der Waals surface area (Å²) in [5.41, 5.74) is 1.10. The van der Waals surface area contributed by atoms with Gasteiger partial charge in [-0.15, -0.1) is 5.10 Å². The Balaban J connectivity index is 1.66. The number of hydrogen-bond donors (Lipinski definition) is 4. The molecular weight excluding hydrogens is 384 g/mol. The first-order valence-electron chi connectivity index (χ1n) is 9.73. The van der Waals surface area contributed by atoms with Crippen molar-refractivity contribution in [3.05, 3.63) is 0 Å². The molecule has 2 saturated carbocycles. The Hall–Kier alpha value is -1.53. The number of anilines is 1. The van der Waals surface area contributed by atoms with Gasteiger partial charge >= 0.3 is 0 Å². The number of aliphatic hydroxyl groups excluding tert-OH is 3. The van der Waals surface area contributed by atoms with Gasteiger partial charge in [-0.1, -0.05) is 23.9 Å². The number of thioether (sulfide) groups is 1. The molecule has 0 unspecified atom stereocenters. The average molecular weight is 411 g/mol. The van der Waals surface area contributed by atoms with Crippen molar-refractivity contribution in [2.45, 2.75) is 68.2 Å². The summed E-state index contributed by atoms with van der Waals surface area (Å²) < 4.78 is 7.04. The van der Waals surface area contributed by atoms with Crippen LogP contribution in [0.2, 0.25) is 0 Å². The lowest BCUT2D eigenvalue weighted by molar-refractivity contribution is -0.0629. The van der Waals surface area contributed by atoms with E-state index in [9.17, 15) is 10.2 Å². The fourth-order valence-corrected chi connectivity index (χ4v) is 4.09. The molecule has 10 nitrogen and oxygen atoms in total. The van der Waals surface area contributed by atoms with Gasteiger partial charge in [-0.05, 0) is 19.3 Å². The lowest BCUT2D eigenvalue weighted by Crippen LogP contribution is -2.33. The van der Waals surface area contributed by atoms with E-state index in [0.717, 1.165) is 25.0 Å². The van der Waals surface area contributed by atoms with E-state index in [1.54, 1.807) is 16.4 Å². The van der Waals surface area contributed by atoms with Gasteiger partial charge in [-0.25, -0.2) is 14.6 Å². The lowest BCUT2D eigenvalue weighted by Gasteiger charge is -2.17.